The Bertz CT molecular complexity index is 288. The molecule has 0 radical (unpaired) electrons. The first kappa shape index (κ1) is 11.7. The molecular formula is C9H18N6. The highest BCUT2D eigenvalue weighted by atomic mass is 15.3. The summed E-state index contributed by atoms with van der Waals surface area (Å²) in [7, 11) is 4.11. The third-order valence-corrected chi connectivity index (χ3v) is 1.87. The molecule has 84 valence electrons. The second-order valence-corrected chi connectivity index (χ2v) is 3.49. The molecule has 0 fully saturated rings. The van der Waals surface area contributed by atoms with Crippen molar-refractivity contribution in [3.63, 3.8) is 0 Å². The molecule has 4 N–H and O–H groups in total. The average Bonchev–Trinajstić information content (AvgIpc) is 2.24. The van der Waals surface area contributed by atoms with Crippen LogP contribution in [0.25, 0.3) is 0 Å². The van der Waals surface area contributed by atoms with Gasteiger partial charge in [-0.25, -0.2) is 10.8 Å². The van der Waals surface area contributed by atoms with Crippen molar-refractivity contribution in [2.75, 3.05) is 37.9 Å². The minimum absolute atomic E-state index is 0.424. The summed E-state index contributed by atoms with van der Waals surface area (Å²) in [5, 5.41) is 3.20. The van der Waals surface area contributed by atoms with Crippen molar-refractivity contribution in [1.29, 1.82) is 0 Å². The first-order valence-corrected chi connectivity index (χ1v) is 4.90. The second kappa shape index (κ2) is 6.15. The Morgan fingerprint density at radius 1 is 1.47 bits per heavy atom. The Morgan fingerprint density at radius 2 is 2.27 bits per heavy atom. The summed E-state index contributed by atoms with van der Waals surface area (Å²) in [6, 6.07) is 1.82. The molecule has 0 atom stereocenters. The molecule has 0 unspecified atom stereocenters. The van der Waals surface area contributed by atoms with Crippen molar-refractivity contribution in [2.24, 2.45) is 5.84 Å². The van der Waals surface area contributed by atoms with Crippen molar-refractivity contribution in [3.05, 3.63) is 12.3 Å². The van der Waals surface area contributed by atoms with Gasteiger partial charge in [0.15, 0.2) is 0 Å². The maximum absolute atomic E-state index is 5.20. The van der Waals surface area contributed by atoms with Crippen LogP contribution in [0.4, 0.5) is 11.8 Å². The van der Waals surface area contributed by atoms with Gasteiger partial charge in [0.05, 0.1) is 0 Å². The number of aromatic nitrogens is 2. The molecule has 0 aliphatic heterocycles. The molecule has 6 nitrogen and oxygen atoms in total. The van der Waals surface area contributed by atoms with Gasteiger partial charge < -0.3 is 10.2 Å². The van der Waals surface area contributed by atoms with Gasteiger partial charge in [-0.05, 0) is 33.1 Å². The second-order valence-electron chi connectivity index (χ2n) is 3.49. The van der Waals surface area contributed by atoms with Crippen molar-refractivity contribution in [2.45, 2.75) is 6.42 Å². The van der Waals surface area contributed by atoms with Gasteiger partial charge in [-0.1, -0.05) is 0 Å². The van der Waals surface area contributed by atoms with Gasteiger partial charge in [-0.15, -0.1) is 0 Å². The van der Waals surface area contributed by atoms with Crippen molar-refractivity contribution in [1.82, 2.24) is 14.9 Å². The molecule has 0 spiro atoms. The summed E-state index contributed by atoms with van der Waals surface area (Å²) < 4.78 is 0. The predicted molar refractivity (Wildman–Crippen MR) is 61.5 cm³/mol. The van der Waals surface area contributed by atoms with Crippen molar-refractivity contribution < 1.29 is 0 Å². The van der Waals surface area contributed by atoms with Crippen LogP contribution in [0.2, 0.25) is 0 Å². The van der Waals surface area contributed by atoms with Crippen LogP contribution < -0.4 is 16.6 Å². The van der Waals surface area contributed by atoms with Gasteiger partial charge in [0.2, 0.25) is 5.95 Å². The Kier molecular flexibility index (Phi) is 4.79. The van der Waals surface area contributed by atoms with Crippen molar-refractivity contribution in [3.8, 4) is 0 Å². The average molecular weight is 210 g/mol. The van der Waals surface area contributed by atoms with E-state index in [1.54, 1.807) is 6.20 Å². The highest BCUT2D eigenvalue weighted by molar-refractivity contribution is 5.38. The summed E-state index contributed by atoms with van der Waals surface area (Å²) in [4.78, 5) is 10.2. The van der Waals surface area contributed by atoms with Crippen LogP contribution in [0.1, 0.15) is 6.42 Å². The van der Waals surface area contributed by atoms with E-state index in [0.29, 0.717) is 5.95 Å². The number of nitrogen functional groups attached to an aromatic ring is 1. The molecule has 1 heterocycles. The van der Waals surface area contributed by atoms with E-state index in [9.17, 15) is 0 Å². The van der Waals surface area contributed by atoms with Crippen LogP contribution in [0.5, 0.6) is 0 Å². The van der Waals surface area contributed by atoms with Crippen molar-refractivity contribution >= 4 is 11.8 Å². The zero-order valence-electron chi connectivity index (χ0n) is 9.20. The van der Waals surface area contributed by atoms with E-state index in [-0.39, 0.29) is 0 Å². The predicted octanol–water partition coefficient (Wildman–Crippen LogP) is 0.126. The molecule has 1 rings (SSSR count). The van der Waals surface area contributed by atoms with E-state index in [1.807, 2.05) is 6.07 Å². The monoisotopic (exact) mass is 210 g/mol. The molecule has 1 aromatic rings. The van der Waals surface area contributed by atoms with E-state index in [4.69, 9.17) is 5.84 Å². The molecule has 0 aliphatic carbocycles. The lowest BCUT2D eigenvalue weighted by atomic mass is 10.4. The van der Waals surface area contributed by atoms with Gasteiger partial charge in [0.1, 0.15) is 5.82 Å². The molecule has 0 bridgehead atoms. The van der Waals surface area contributed by atoms with E-state index < -0.39 is 0 Å². The number of hydrogen-bond donors (Lipinski definition) is 3. The Labute approximate surface area is 89.9 Å². The number of nitrogens with zero attached hydrogens (tertiary/aromatic N) is 3. The summed E-state index contributed by atoms with van der Waals surface area (Å²) in [6.07, 6.45) is 2.73. The molecule has 0 saturated carbocycles. The minimum Gasteiger partial charge on any atom is -0.370 e. The fraction of sp³-hybridized carbons (Fsp3) is 0.556. The fourth-order valence-corrected chi connectivity index (χ4v) is 1.14. The maximum Gasteiger partial charge on any atom is 0.239 e. The van der Waals surface area contributed by atoms with Gasteiger partial charge in [0, 0.05) is 12.7 Å². The molecule has 0 aliphatic rings. The number of hydrogen-bond acceptors (Lipinski definition) is 6. The summed E-state index contributed by atoms with van der Waals surface area (Å²) in [6.45, 7) is 1.94. The van der Waals surface area contributed by atoms with Gasteiger partial charge in [0.25, 0.3) is 0 Å². The van der Waals surface area contributed by atoms with E-state index >= 15 is 0 Å². The van der Waals surface area contributed by atoms with E-state index in [1.165, 1.54) is 0 Å². The van der Waals surface area contributed by atoms with Gasteiger partial charge >= 0.3 is 0 Å². The number of nitrogens with one attached hydrogen (secondary N) is 2. The third-order valence-electron chi connectivity index (χ3n) is 1.87. The molecule has 0 aromatic carbocycles. The van der Waals surface area contributed by atoms with Crippen LogP contribution >= 0.6 is 0 Å². The lowest BCUT2D eigenvalue weighted by molar-refractivity contribution is 0.405. The Hall–Kier alpha value is -1.40. The maximum atomic E-state index is 5.20. The molecule has 15 heavy (non-hydrogen) atoms. The van der Waals surface area contributed by atoms with E-state index in [2.05, 4.69) is 39.7 Å². The molecular weight excluding hydrogens is 192 g/mol. The topological polar surface area (TPSA) is 79.1 Å². The van der Waals surface area contributed by atoms with Crippen LogP contribution in [-0.4, -0.2) is 42.1 Å². The largest absolute Gasteiger partial charge is 0.370 e. The number of hydrazine groups is 1. The van der Waals surface area contributed by atoms with Crippen LogP contribution in [-0.2, 0) is 0 Å². The fourth-order valence-electron chi connectivity index (χ4n) is 1.14. The SMILES string of the molecule is CN(C)CCCNc1ccnc(NN)n1. The Balaban J connectivity index is 2.30. The minimum atomic E-state index is 0.424. The standard InChI is InChI=1S/C9H18N6/c1-15(2)7-3-5-11-8-4-6-12-9(13-8)14-10/h4,6H,3,5,7,10H2,1-2H3,(H2,11,12,13,14). The number of rotatable bonds is 6. The lowest BCUT2D eigenvalue weighted by Gasteiger charge is -2.10. The summed E-state index contributed by atoms with van der Waals surface area (Å²) >= 11 is 0. The first-order valence-electron chi connectivity index (χ1n) is 4.90. The zero-order valence-corrected chi connectivity index (χ0v) is 9.20. The first-order chi connectivity index (χ1) is 7.22. The molecule has 6 heteroatoms. The summed E-state index contributed by atoms with van der Waals surface area (Å²) in [5.41, 5.74) is 2.41. The third kappa shape index (κ3) is 4.57. The molecule has 0 saturated heterocycles. The lowest BCUT2D eigenvalue weighted by Crippen LogP contribution is -2.17. The quantitative estimate of drug-likeness (QED) is 0.352. The van der Waals surface area contributed by atoms with Crippen LogP contribution in [0.15, 0.2) is 12.3 Å². The number of nitrogens with two attached hydrogens (primary N) is 1. The summed E-state index contributed by atoms with van der Waals surface area (Å²) in [5.74, 6) is 6.42. The zero-order chi connectivity index (χ0) is 11.1. The smallest absolute Gasteiger partial charge is 0.239 e. The van der Waals surface area contributed by atoms with Crippen LogP contribution in [0, 0.1) is 0 Å². The normalized spacial score (nSPS) is 10.4. The van der Waals surface area contributed by atoms with Gasteiger partial charge in [-0.2, -0.15) is 4.98 Å². The molecule has 0 amide bonds. The van der Waals surface area contributed by atoms with E-state index in [0.717, 1.165) is 25.3 Å². The van der Waals surface area contributed by atoms with Gasteiger partial charge in [-0.3, -0.25) is 5.43 Å². The highest BCUT2D eigenvalue weighted by Gasteiger charge is 1.96. The molecule has 1 aromatic heterocycles. The Morgan fingerprint density at radius 3 is 2.93 bits per heavy atom. The van der Waals surface area contributed by atoms with Crippen LogP contribution in [0.3, 0.4) is 0 Å². The number of anilines is 2. The highest BCUT2D eigenvalue weighted by Crippen LogP contribution is 2.03.